The second-order valence-electron chi connectivity index (χ2n) is 3.39. The van der Waals surface area contributed by atoms with Gasteiger partial charge in [-0.1, -0.05) is 6.92 Å². The van der Waals surface area contributed by atoms with Gasteiger partial charge in [-0.05, 0) is 25.2 Å². The molecule has 1 heterocycles. The highest BCUT2D eigenvalue weighted by molar-refractivity contribution is 7.13. The summed E-state index contributed by atoms with van der Waals surface area (Å²) in [7, 11) is 0. The first kappa shape index (κ1) is 7.92. The maximum Gasteiger partial charge on any atom is 0.178 e. The minimum atomic E-state index is 0.647. The minimum absolute atomic E-state index is 0.647. The third kappa shape index (κ3) is 1.29. The van der Waals surface area contributed by atoms with Gasteiger partial charge in [0.25, 0.3) is 0 Å². The van der Waals surface area contributed by atoms with Crippen molar-refractivity contribution in [2.45, 2.75) is 26.2 Å². The highest BCUT2D eigenvalue weighted by Gasteiger charge is 2.19. The molecular weight excluding hydrogens is 170 g/mol. The molecule has 1 atom stereocenters. The van der Waals surface area contributed by atoms with Crippen molar-refractivity contribution in [3.8, 4) is 0 Å². The fourth-order valence-electron chi connectivity index (χ4n) is 1.61. The first-order chi connectivity index (χ1) is 5.79. The van der Waals surface area contributed by atoms with Crippen LogP contribution in [0.2, 0.25) is 0 Å². The van der Waals surface area contributed by atoms with E-state index in [0.717, 1.165) is 25.0 Å². The van der Waals surface area contributed by atoms with E-state index in [1.807, 2.05) is 0 Å². The summed E-state index contributed by atoms with van der Waals surface area (Å²) in [6.45, 7) is 2.25. The number of fused-ring (bicyclic) bond motifs is 1. The van der Waals surface area contributed by atoms with E-state index in [1.54, 1.807) is 11.3 Å². The van der Waals surface area contributed by atoms with Crippen molar-refractivity contribution in [1.82, 2.24) is 4.98 Å². The molecule has 0 fully saturated rings. The van der Waals surface area contributed by atoms with Crippen LogP contribution in [0.25, 0.3) is 0 Å². The number of hydrogen-bond acceptors (Lipinski definition) is 3. The molecule has 1 aromatic heterocycles. The van der Waals surface area contributed by atoms with Gasteiger partial charge in [-0.2, -0.15) is 0 Å². The predicted molar refractivity (Wildman–Crippen MR) is 48.7 cm³/mol. The molecule has 12 heavy (non-hydrogen) atoms. The largest absolute Gasteiger partial charge is 0.295 e. The number of rotatable bonds is 1. The van der Waals surface area contributed by atoms with Crippen molar-refractivity contribution >= 4 is 17.6 Å². The number of nitrogens with zero attached hydrogens (tertiary/aromatic N) is 1. The minimum Gasteiger partial charge on any atom is -0.295 e. The molecule has 64 valence electrons. The first-order valence-corrected chi connectivity index (χ1v) is 5.05. The molecule has 0 saturated heterocycles. The highest BCUT2D eigenvalue weighted by atomic mass is 32.1. The molecule has 2 nitrogen and oxygen atoms in total. The summed E-state index contributed by atoms with van der Waals surface area (Å²) in [6.07, 6.45) is 4.24. The summed E-state index contributed by atoms with van der Waals surface area (Å²) in [5.41, 5.74) is 1.17. The van der Waals surface area contributed by atoms with E-state index in [-0.39, 0.29) is 0 Å². The number of thiazole rings is 1. The molecule has 0 aliphatic heterocycles. The van der Waals surface area contributed by atoms with E-state index in [2.05, 4.69) is 11.9 Å². The highest BCUT2D eigenvalue weighted by Crippen LogP contribution is 2.28. The van der Waals surface area contributed by atoms with Crippen LogP contribution >= 0.6 is 11.3 Å². The lowest BCUT2D eigenvalue weighted by Gasteiger charge is -2.15. The molecule has 0 amide bonds. The lowest BCUT2D eigenvalue weighted by Crippen LogP contribution is -2.09. The van der Waals surface area contributed by atoms with Crippen molar-refractivity contribution in [2.24, 2.45) is 5.92 Å². The molecule has 1 aromatic rings. The van der Waals surface area contributed by atoms with Crippen LogP contribution in [0.4, 0.5) is 0 Å². The zero-order valence-corrected chi connectivity index (χ0v) is 7.86. The summed E-state index contributed by atoms with van der Waals surface area (Å²) in [5.74, 6) is 0.762. The van der Waals surface area contributed by atoms with Gasteiger partial charge in [0.1, 0.15) is 0 Å². The Kier molecular flexibility index (Phi) is 1.97. The summed E-state index contributed by atoms with van der Waals surface area (Å²) >= 11 is 1.56. The number of aldehydes is 1. The molecule has 1 aliphatic rings. The van der Waals surface area contributed by atoms with Gasteiger partial charge in [0, 0.05) is 4.88 Å². The van der Waals surface area contributed by atoms with Crippen molar-refractivity contribution in [2.75, 3.05) is 0 Å². The van der Waals surface area contributed by atoms with E-state index >= 15 is 0 Å². The quantitative estimate of drug-likeness (QED) is 0.621. The normalized spacial score (nSPS) is 21.9. The average Bonchev–Trinajstić information content (AvgIpc) is 2.46. The standard InChI is InChI=1S/C9H11NOS/c1-6-2-3-7-8(4-6)12-9(5-11)10-7/h5-6H,2-4H2,1H3/t6-/m1/s1. The molecule has 0 bridgehead atoms. The van der Waals surface area contributed by atoms with Crippen molar-refractivity contribution in [3.05, 3.63) is 15.6 Å². The van der Waals surface area contributed by atoms with Gasteiger partial charge in [-0.25, -0.2) is 4.98 Å². The number of hydrogen-bond donors (Lipinski definition) is 0. The summed E-state index contributed by atoms with van der Waals surface area (Å²) in [4.78, 5) is 16.0. The van der Waals surface area contributed by atoms with Crippen LogP contribution in [0.3, 0.4) is 0 Å². The van der Waals surface area contributed by atoms with Gasteiger partial charge in [0.2, 0.25) is 0 Å². The maximum absolute atomic E-state index is 10.5. The average molecular weight is 181 g/mol. The van der Waals surface area contributed by atoms with E-state index in [4.69, 9.17) is 0 Å². The molecule has 0 spiro atoms. The lowest BCUT2D eigenvalue weighted by molar-refractivity contribution is 0.112. The van der Waals surface area contributed by atoms with Crippen LogP contribution in [0.1, 0.15) is 33.7 Å². The maximum atomic E-state index is 10.5. The van der Waals surface area contributed by atoms with Crippen molar-refractivity contribution in [1.29, 1.82) is 0 Å². The Bertz CT molecular complexity index is 305. The molecule has 0 saturated carbocycles. The Morgan fingerprint density at radius 1 is 1.67 bits per heavy atom. The lowest BCUT2D eigenvalue weighted by atomic mass is 9.93. The Morgan fingerprint density at radius 3 is 3.25 bits per heavy atom. The fourth-order valence-corrected chi connectivity index (χ4v) is 2.70. The zero-order chi connectivity index (χ0) is 8.55. The van der Waals surface area contributed by atoms with E-state index in [1.165, 1.54) is 17.0 Å². The Labute approximate surface area is 75.6 Å². The molecule has 0 N–H and O–H groups in total. The van der Waals surface area contributed by atoms with E-state index in [0.29, 0.717) is 5.01 Å². The molecule has 0 unspecified atom stereocenters. The molecular formula is C9H11NOS. The second-order valence-corrected chi connectivity index (χ2v) is 4.50. The Balaban J connectivity index is 2.34. The summed E-state index contributed by atoms with van der Waals surface area (Å²) < 4.78 is 0. The van der Waals surface area contributed by atoms with Crippen LogP contribution in [-0.2, 0) is 12.8 Å². The number of carbonyl (C=O) groups excluding carboxylic acids is 1. The van der Waals surface area contributed by atoms with Crippen molar-refractivity contribution < 1.29 is 4.79 Å². The van der Waals surface area contributed by atoms with Gasteiger partial charge in [0.15, 0.2) is 11.3 Å². The monoisotopic (exact) mass is 181 g/mol. The van der Waals surface area contributed by atoms with Gasteiger partial charge in [0.05, 0.1) is 5.69 Å². The smallest absolute Gasteiger partial charge is 0.178 e. The molecule has 0 radical (unpaired) electrons. The SMILES string of the molecule is C[C@@H]1CCc2nc(C=O)sc2C1. The van der Waals surface area contributed by atoms with Gasteiger partial charge in [-0.15, -0.1) is 11.3 Å². The van der Waals surface area contributed by atoms with Gasteiger partial charge < -0.3 is 0 Å². The van der Waals surface area contributed by atoms with Crippen LogP contribution in [0, 0.1) is 5.92 Å². The van der Waals surface area contributed by atoms with Gasteiger partial charge >= 0.3 is 0 Å². The summed E-state index contributed by atoms with van der Waals surface area (Å²) in [5, 5.41) is 0.647. The first-order valence-electron chi connectivity index (χ1n) is 4.23. The Hall–Kier alpha value is -0.700. The van der Waals surface area contributed by atoms with Crippen LogP contribution in [-0.4, -0.2) is 11.3 Å². The fraction of sp³-hybridized carbons (Fsp3) is 0.556. The topological polar surface area (TPSA) is 30.0 Å². The number of carbonyl (C=O) groups is 1. The van der Waals surface area contributed by atoms with Gasteiger partial charge in [-0.3, -0.25) is 4.79 Å². The number of aromatic nitrogens is 1. The van der Waals surface area contributed by atoms with Crippen LogP contribution < -0.4 is 0 Å². The van der Waals surface area contributed by atoms with Crippen LogP contribution in [0.15, 0.2) is 0 Å². The second kappa shape index (κ2) is 2.98. The molecule has 2 rings (SSSR count). The van der Waals surface area contributed by atoms with Crippen molar-refractivity contribution in [3.63, 3.8) is 0 Å². The Morgan fingerprint density at radius 2 is 2.50 bits per heavy atom. The molecule has 1 aliphatic carbocycles. The number of aryl methyl sites for hydroxylation is 1. The predicted octanol–water partition coefficient (Wildman–Crippen LogP) is 2.08. The molecule has 3 heteroatoms. The summed E-state index contributed by atoms with van der Waals surface area (Å²) in [6, 6.07) is 0. The van der Waals surface area contributed by atoms with E-state index < -0.39 is 0 Å². The third-order valence-corrected chi connectivity index (χ3v) is 3.35. The third-order valence-electron chi connectivity index (χ3n) is 2.30. The zero-order valence-electron chi connectivity index (χ0n) is 7.04. The van der Waals surface area contributed by atoms with E-state index in [9.17, 15) is 4.79 Å². The molecule has 0 aromatic carbocycles. The van der Waals surface area contributed by atoms with Crippen LogP contribution in [0.5, 0.6) is 0 Å².